The molecule has 2 heterocycles. The summed E-state index contributed by atoms with van der Waals surface area (Å²) in [5, 5.41) is 12.5. The highest BCUT2D eigenvalue weighted by molar-refractivity contribution is 5.75. The van der Waals surface area contributed by atoms with E-state index in [1.165, 1.54) is 0 Å². The Morgan fingerprint density at radius 1 is 1.44 bits per heavy atom. The number of imidazole rings is 1. The standard InChI is InChI=1S/C13H15N3O2/c17-13(18)9-3-4-14-11(6-9)8-1-2-10-12(5-8)16-7-15-10/h1-2,5,7,9,11,14H,3-4,6H2,(H,15,16)(H,17,18). The number of piperidine rings is 1. The third-order valence-electron chi connectivity index (χ3n) is 3.60. The lowest BCUT2D eigenvalue weighted by Crippen LogP contribution is -2.34. The summed E-state index contributed by atoms with van der Waals surface area (Å²) in [5.41, 5.74) is 3.05. The normalized spacial score (nSPS) is 24.2. The van der Waals surface area contributed by atoms with Gasteiger partial charge in [-0.3, -0.25) is 4.79 Å². The fraction of sp³-hybridized carbons (Fsp3) is 0.385. The second kappa shape index (κ2) is 4.42. The Kier molecular flexibility index (Phi) is 2.76. The van der Waals surface area contributed by atoms with Crippen molar-refractivity contribution in [1.29, 1.82) is 0 Å². The summed E-state index contributed by atoms with van der Waals surface area (Å²) in [6.07, 6.45) is 3.02. The summed E-state index contributed by atoms with van der Waals surface area (Å²) in [6.45, 7) is 0.753. The minimum absolute atomic E-state index is 0.118. The number of hydrogen-bond acceptors (Lipinski definition) is 3. The Morgan fingerprint density at radius 3 is 3.17 bits per heavy atom. The minimum atomic E-state index is -0.691. The molecule has 0 amide bonds. The van der Waals surface area contributed by atoms with Crippen LogP contribution in [-0.4, -0.2) is 27.6 Å². The molecule has 3 rings (SSSR count). The molecule has 0 aliphatic carbocycles. The van der Waals surface area contributed by atoms with Gasteiger partial charge in [-0.15, -0.1) is 0 Å². The molecule has 0 saturated carbocycles. The topological polar surface area (TPSA) is 78.0 Å². The zero-order valence-electron chi connectivity index (χ0n) is 9.89. The quantitative estimate of drug-likeness (QED) is 0.752. The van der Waals surface area contributed by atoms with Crippen LogP contribution < -0.4 is 5.32 Å². The number of carboxylic acid groups (broad SMARTS) is 1. The van der Waals surface area contributed by atoms with Gasteiger partial charge in [-0.25, -0.2) is 4.98 Å². The predicted octanol–water partition coefficient (Wildman–Crippen LogP) is 1.69. The summed E-state index contributed by atoms with van der Waals surface area (Å²) < 4.78 is 0. The van der Waals surface area contributed by atoms with Crippen LogP contribution in [0.25, 0.3) is 11.0 Å². The number of aromatic nitrogens is 2. The van der Waals surface area contributed by atoms with Crippen LogP contribution in [0.4, 0.5) is 0 Å². The van der Waals surface area contributed by atoms with Crippen molar-refractivity contribution < 1.29 is 9.90 Å². The van der Waals surface area contributed by atoms with Crippen molar-refractivity contribution in [3.63, 3.8) is 0 Å². The number of carbonyl (C=O) groups is 1. The Morgan fingerprint density at radius 2 is 2.33 bits per heavy atom. The maximum atomic E-state index is 11.1. The number of nitrogens with one attached hydrogen (secondary N) is 2. The maximum absolute atomic E-state index is 11.1. The molecule has 1 saturated heterocycles. The second-order valence-electron chi connectivity index (χ2n) is 4.75. The molecule has 1 aliphatic rings. The van der Waals surface area contributed by atoms with Gasteiger partial charge in [0.1, 0.15) is 0 Å². The van der Waals surface area contributed by atoms with Crippen molar-refractivity contribution in [2.24, 2.45) is 5.92 Å². The summed E-state index contributed by atoms with van der Waals surface area (Å²) >= 11 is 0. The largest absolute Gasteiger partial charge is 0.481 e. The number of nitrogens with zero attached hydrogens (tertiary/aromatic N) is 1. The summed E-state index contributed by atoms with van der Waals surface area (Å²) in [5.74, 6) is -0.933. The van der Waals surface area contributed by atoms with Crippen LogP contribution in [0.5, 0.6) is 0 Å². The van der Waals surface area contributed by atoms with E-state index in [9.17, 15) is 4.79 Å². The van der Waals surface area contributed by atoms with Crippen LogP contribution in [0.15, 0.2) is 24.5 Å². The van der Waals surface area contributed by atoms with Crippen molar-refractivity contribution in [2.75, 3.05) is 6.54 Å². The van der Waals surface area contributed by atoms with Gasteiger partial charge in [0, 0.05) is 6.04 Å². The van der Waals surface area contributed by atoms with E-state index in [4.69, 9.17) is 5.11 Å². The van der Waals surface area contributed by atoms with Crippen molar-refractivity contribution in [1.82, 2.24) is 15.3 Å². The van der Waals surface area contributed by atoms with Crippen LogP contribution in [0, 0.1) is 5.92 Å². The third kappa shape index (κ3) is 1.97. The van der Waals surface area contributed by atoms with Gasteiger partial charge in [-0.05, 0) is 37.1 Å². The number of aromatic amines is 1. The number of benzene rings is 1. The highest BCUT2D eigenvalue weighted by Gasteiger charge is 2.27. The van der Waals surface area contributed by atoms with Crippen molar-refractivity contribution >= 4 is 17.0 Å². The van der Waals surface area contributed by atoms with E-state index in [0.717, 1.165) is 23.1 Å². The molecule has 0 spiro atoms. The van der Waals surface area contributed by atoms with E-state index in [0.29, 0.717) is 12.8 Å². The maximum Gasteiger partial charge on any atom is 0.306 e. The summed E-state index contributed by atoms with van der Waals surface area (Å²) in [4.78, 5) is 18.3. The molecule has 2 atom stereocenters. The highest BCUT2D eigenvalue weighted by atomic mass is 16.4. The van der Waals surface area contributed by atoms with E-state index in [2.05, 4.69) is 15.3 Å². The van der Waals surface area contributed by atoms with Gasteiger partial charge in [-0.2, -0.15) is 0 Å². The molecule has 1 aromatic heterocycles. The van der Waals surface area contributed by atoms with Crippen molar-refractivity contribution in [3.8, 4) is 0 Å². The SMILES string of the molecule is O=C(O)C1CCNC(c2ccc3nc[nH]c3c2)C1. The second-order valence-corrected chi connectivity index (χ2v) is 4.75. The molecule has 5 heteroatoms. The van der Waals surface area contributed by atoms with Gasteiger partial charge in [0.15, 0.2) is 0 Å². The first-order chi connectivity index (χ1) is 8.74. The predicted molar refractivity (Wildman–Crippen MR) is 67.2 cm³/mol. The highest BCUT2D eigenvalue weighted by Crippen LogP contribution is 2.28. The Bertz CT molecular complexity index is 578. The molecular formula is C13H15N3O2. The van der Waals surface area contributed by atoms with Crippen LogP contribution in [0.1, 0.15) is 24.4 Å². The fourth-order valence-electron chi connectivity index (χ4n) is 2.57. The zero-order chi connectivity index (χ0) is 12.5. The van der Waals surface area contributed by atoms with E-state index in [1.54, 1.807) is 6.33 Å². The number of fused-ring (bicyclic) bond motifs is 1. The van der Waals surface area contributed by atoms with Gasteiger partial charge in [0.05, 0.1) is 23.3 Å². The molecule has 2 aromatic rings. The molecule has 1 aromatic carbocycles. The number of hydrogen-bond donors (Lipinski definition) is 3. The van der Waals surface area contributed by atoms with Gasteiger partial charge in [-0.1, -0.05) is 6.07 Å². The van der Waals surface area contributed by atoms with Crippen LogP contribution in [0.3, 0.4) is 0 Å². The molecule has 0 radical (unpaired) electrons. The molecule has 1 fully saturated rings. The van der Waals surface area contributed by atoms with Gasteiger partial charge < -0.3 is 15.4 Å². The first-order valence-electron chi connectivity index (χ1n) is 6.13. The Labute approximate surface area is 104 Å². The van der Waals surface area contributed by atoms with Gasteiger partial charge >= 0.3 is 5.97 Å². The first kappa shape index (κ1) is 11.2. The molecule has 3 N–H and O–H groups in total. The minimum Gasteiger partial charge on any atom is -0.481 e. The molecule has 94 valence electrons. The molecule has 5 nitrogen and oxygen atoms in total. The average Bonchev–Trinajstić information content (AvgIpc) is 2.86. The zero-order valence-corrected chi connectivity index (χ0v) is 9.89. The number of rotatable bonds is 2. The van der Waals surface area contributed by atoms with E-state index in [-0.39, 0.29) is 12.0 Å². The lowest BCUT2D eigenvalue weighted by molar-refractivity contribution is -0.143. The lowest BCUT2D eigenvalue weighted by Gasteiger charge is -2.28. The molecule has 18 heavy (non-hydrogen) atoms. The third-order valence-corrected chi connectivity index (χ3v) is 3.60. The average molecular weight is 245 g/mol. The van der Waals surface area contributed by atoms with Crippen LogP contribution >= 0.6 is 0 Å². The van der Waals surface area contributed by atoms with E-state index in [1.807, 2.05) is 18.2 Å². The molecule has 2 unspecified atom stereocenters. The number of H-pyrrole nitrogens is 1. The number of carboxylic acids is 1. The first-order valence-corrected chi connectivity index (χ1v) is 6.13. The Hall–Kier alpha value is -1.88. The number of aliphatic carboxylic acids is 1. The van der Waals surface area contributed by atoms with Gasteiger partial charge in [0.2, 0.25) is 0 Å². The van der Waals surface area contributed by atoms with Crippen molar-refractivity contribution in [3.05, 3.63) is 30.1 Å². The lowest BCUT2D eigenvalue weighted by atomic mass is 9.89. The van der Waals surface area contributed by atoms with E-state index < -0.39 is 5.97 Å². The van der Waals surface area contributed by atoms with Crippen LogP contribution in [0.2, 0.25) is 0 Å². The molecule has 0 bridgehead atoms. The Balaban J connectivity index is 1.86. The fourth-order valence-corrected chi connectivity index (χ4v) is 2.57. The summed E-state index contributed by atoms with van der Waals surface area (Å²) in [7, 11) is 0. The van der Waals surface area contributed by atoms with Crippen molar-refractivity contribution in [2.45, 2.75) is 18.9 Å². The van der Waals surface area contributed by atoms with Gasteiger partial charge in [0.25, 0.3) is 0 Å². The molecular weight excluding hydrogens is 230 g/mol. The monoisotopic (exact) mass is 245 g/mol. The van der Waals surface area contributed by atoms with E-state index >= 15 is 0 Å². The molecule has 1 aliphatic heterocycles. The van der Waals surface area contributed by atoms with Crippen LogP contribution in [-0.2, 0) is 4.79 Å². The summed E-state index contributed by atoms with van der Waals surface area (Å²) in [6, 6.07) is 6.15. The smallest absolute Gasteiger partial charge is 0.306 e.